The Bertz CT molecular complexity index is 953. The van der Waals surface area contributed by atoms with Crippen LogP contribution in [-0.4, -0.2) is 50.1 Å². The van der Waals surface area contributed by atoms with Gasteiger partial charge in [-0.3, -0.25) is 4.79 Å². The molecule has 7 nitrogen and oxygen atoms in total. The lowest BCUT2D eigenvalue weighted by molar-refractivity contribution is -0.164. The predicted molar refractivity (Wildman–Crippen MR) is 94.2 cm³/mol. The predicted octanol–water partition coefficient (Wildman–Crippen LogP) is 3.30. The molecule has 2 heterocycles. The number of halogens is 5. The van der Waals surface area contributed by atoms with Crippen LogP contribution in [0.5, 0.6) is 5.75 Å². The van der Waals surface area contributed by atoms with Crippen LogP contribution in [0.25, 0.3) is 0 Å². The van der Waals surface area contributed by atoms with Crippen molar-refractivity contribution >= 4 is 23.2 Å². The topological polar surface area (TPSA) is 80.0 Å². The van der Waals surface area contributed by atoms with Gasteiger partial charge in [-0.15, -0.1) is 0 Å². The summed E-state index contributed by atoms with van der Waals surface area (Å²) >= 11 is 5.93. The minimum Gasteiger partial charge on any atom is -0.471 e. The van der Waals surface area contributed by atoms with Gasteiger partial charge in [-0.05, 0) is 36.8 Å². The van der Waals surface area contributed by atoms with Crippen molar-refractivity contribution in [1.82, 2.24) is 14.8 Å². The first-order valence-corrected chi connectivity index (χ1v) is 8.62. The molecule has 0 saturated heterocycles. The maximum atomic E-state index is 13.2. The largest absolute Gasteiger partial charge is 0.471 e. The van der Waals surface area contributed by atoms with Crippen molar-refractivity contribution < 1.29 is 32.2 Å². The molecule has 1 amide bonds. The van der Waals surface area contributed by atoms with E-state index in [9.17, 15) is 27.5 Å². The number of aryl methyl sites for hydroxylation is 1. The first-order valence-electron chi connectivity index (χ1n) is 8.25. The lowest BCUT2D eigenvalue weighted by Crippen LogP contribution is -2.51. The Kier molecular flexibility index (Phi) is 5.80. The molecular formula is C17H15ClF4N4O3. The zero-order chi connectivity index (χ0) is 21.3. The molecule has 1 N–H and O–H groups in total. The van der Waals surface area contributed by atoms with E-state index < -0.39 is 36.6 Å². The van der Waals surface area contributed by atoms with E-state index in [1.54, 1.807) is 25.1 Å². The number of hydrogen-bond donors (Lipinski definition) is 1. The van der Waals surface area contributed by atoms with Gasteiger partial charge in [0.1, 0.15) is 11.5 Å². The molecule has 0 aliphatic carbocycles. The van der Waals surface area contributed by atoms with Gasteiger partial charge in [-0.25, -0.2) is 22.2 Å². The summed E-state index contributed by atoms with van der Waals surface area (Å²) in [6.45, 7) is 1.66. The van der Waals surface area contributed by atoms with Crippen LogP contribution in [0.15, 0.2) is 35.6 Å². The third kappa shape index (κ3) is 4.20. The van der Waals surface area contributed by atoms with Crippen LogP contribution >= 0.6 is 11.6 Å². The zero-order valence-corrected chi connectivity index (χ0v) is 15.7. The van der Waals surface area contributed by atoms with Gasteiger partial charge in [0, 0.05) is 17.6 Å². The quantitative estimate of drug-likeness (QED) is 0.707. The van der Waals surface area contributed by atoms with E-state index in [-0.39, 0.29) is 17.4 Å². The number of alkyl halides is 4. The van der Waals surface area contributed by atoms with Gasteiger partial charge in [-0.2, -0.15) is 15.2 Å². The minimum atomic E-state index is -3.51. The maximum absolute atomic E-state index is 13.2. The third-order valence-electron chi connectivity index (χ3n) is 4.18. The summed E-state index contributed by atoms with van der Waals surface area (Å²) in [4.78, 5) is 12.5. The monoisotopic (exact) mass is 434 g/mol. The molecule has 0 radical (unpaired) electrons. The molecule has 1 aromatic heterocycles. The number of aromatic nitrogens is 2. The van der Waals surface area contributed by atoms with E-state index in [4.69, 9.17) is 16.3 Å². The van der Waals surface area contributed by atoms with Crippen molar-refractivity contribution in [2.75, 3.05) is 0 Å². The highest BCUT2D eigenvalue weighted by Crippen LogP contribution is 2.34. The van der Waals surface area contributed by atoms with Gasteiger partial charge in [0.05, 0.1) is 0 Å². The third-order valence-corrected chi connectivity index (χ3v) is 4.61. The van der Waals surface area contributed by atoms with Crippen LogP contribution in [0.1, 0.15) is 22.5 Å². The van der Waals surface area contributed by atoms with E-state index in [2.05, 4.69) is 10.2 Å². The number of hydrogen-bond acceptors (Lipinski definition) is 5. The van der Waals surface area contributed by atoms with Crippen molar-refractivity contribution in [3.63, 3.8) is 0 Å². The maximum Gasteiger partial charge on any atom is 0.297 e. The SMILES string of the molecule is Cc1cc(OCn2ccc(C(=O)N3N=C(C(F)F)C[C@@]3(O)C(F)F)n2)ccc1Cl. The number of nitrogens with zero attached hydrogens (tertiary/aromatic N) is 4. The Balaban J connectivity index is 1.74. The standard InChI is InChI=1S/C17H15ClF4N4O3/c1-9-6-10(2-3-11(9)18)29-8-25-5-4-12(23-25)15(27)26-17(28,16(21)22)7-13(24-26)14(19)20/h2-6,14,16,28H,7-8H2,1H3/t17-/m1/s1. The molecule has 12 heteroatoms. The molecule has 0 bridgehead atoms. The highest BCUT2D eigenvalue weighted by atomic mass is 35.5. The molecule has 0 saturated carbocycles. The van der Waals surface area contributed by atoms with E-state index in [1.807, 2.05) is 0 Å². The average Bonchev–Trinajstić information content (AvgIpc) is 3.28. The van der Waals surface area contributed by atoms with Crippen LogP contribution in [0.2, 0.25) is 5.02 Å². The molecule has 0 spiro atoms. The molecule has 29 heavy (non-hydrogen) atoms. The molecule has 1 aromatic carbocycles. The van der Waals surface area contributed by atoms with Crippen LogP contribution in [0, 0.1) is 6.92 Å². The second-order valence-corrected chi connectivity index (χ2v) is 6.70. The number of hydrazone groups is 1. The van der Waals surface area contributed by atoms with Crippen molar-refractivity contribution in [3.05, 3.63) is 46.7 Å². The summed E-state index contributed by atoms with van der Waals surface area (Å²) in [5.41, 5.74) is -3.76. The van der Waals surface area contributed by atoms with Gasteiger partial charge in [0.2, 0.25) is 5.72 Å². The summed E-state index contributed by atoms with van der Waals surface area (Å²) in [6.07, 6.45) is -6.53. The number of carbonyl (C=O) groups excluding carboxylic acids is 1. The zero-order valence-electron chi connectivity index (χ0n) is 14.9. The Morgan fingerprint density at radius 2 is 2.07 bits per heavy atom. The molecule has 1 aliphatic heterocycles. The Morgan fingerprint density at radius 3 is 2.69 bits per heavy atom. The van der Waals surface area contributed by atoms with E-state index in [0.29, 0.717) is 10.8 Å². The average molecular weight is 435 g/mol. The van der Waals surface area contributed by atoms with E-state index in [1.165, 1.54) is 16.9 Å². The van der Waals surface area contributed by atoms with Crippen molar-refractivity contribution in [2.45, 2.75) is 38.7 Å². The van der Waals surface area contributed by atoms with Gasteiger partial charge < -0.3 is 9.84 Å². The van der Waals surface area contributed by atoms with Gasteiger partial charge in [0.25, 0.3) is 18.8 Å². The fraction of sp³-hybridized carbons (Fsp3) is 0.353. The Hall–Kier alpha value is -2.66. The van der Waals surface area contributed by atoms with Crippen LogP contribution < -0.4 is 4.74 Å². The van der Waals surface area contributed by atoms with E-state index >= 15 is 0 Å². The molecule has 156 valence electrons. The number of aliphatic hydroxyl groups is 1. The summed E-state index contributed by atoms with van der Waals surface area (Å²) in [5, 5.41) is 17.6. The van der Waals surface area contributed by atoms with E-state index in [0.717, 1.165) is 5.56 Å². The van der Waals surface area contributed by atoms with Gasteiger partial charge in [-0.1, -0.05) is 11.6 Å². The Labute approximate surface area is 167 Å². The van der Waals surface area contributed by atoms with Crippen LogP contribution in [0.3, 0.4) is 0 Å². The normalized spacial score (nSPS) is 19.2. The fourth-order valence-electron chi connectivity index (χ4n) is 2.61. The first-order chi connectivity index (χ1) is 13.6. The number of amides is 1. The molecular weight excluding hydrogens is 420 g/mol. The minimum absolute atomic E-state index is 0.0464. The summed E-state index contributed by atoms with van der Waals surface area (Å²) in [6, 6.07) is 6.12. The molecule has 3 rings (SSSR count). The van der Waals surface area contributed by atoms with Gasteiger partial charge in [0.15, 0.2) is 12.4 Å². The second kappa shape index (κ2) is 7.99. The smallest absolute Gasteiger partial charge is 0.297 e. The summed E-state index contributed by atoms with van der Waals surface area (Å²) in [7, 11) is 0. The molecule has 1 aliphatic rings. The highest BCUT2D eigenvalue weighted by Gasteiger charge is 2.53. The van der Waals surface area contributed by atoms with Crippen molar-refractivity contribution in [2.24, 2.45) is 5.10 Å². The second-order valence-electron chi connectivity index (χ2n) is 6.29. The lowest BCUT2D eigenvalue weighted by Gasteiger charge is -2.29. The molecule has 2 aromatic rings. The van der Waals surface area contributed by atoms with Crippen molar-refractivity contribution in [3.8, 4) is 5.75 Å². The first kappa shape index (κ1) is 21.1. The highest BCUT2D eigenvalue weighted by molar-refractivity contribution is 6.31. The number of ether oxygens (including phenoxy) is 1. The lowest BCUT2D eigenvalue weighted by atomic mass is 10.1. The van der Waals surface area contributed by atoms with Crippen molar-refractivity contribution in [1.29, 1.82) is 0 Å². The number of benzene rings is 1. The molecule has 1 atom stereocenters. The number of rotatable bonds is 6. The van der Waals surface area contributed by atoms with Crippen LogP contribution in [-0.2, 0) is 6.73 Å². The van der Waals surface area contributed by atoms with Gasteiger partial charge >= 0.3 is 0 Å². The summed E-state index contributed by atoms with van der Waals surface area (Å²) < 4.78 is 58.8. The fourth-order valence-corrected chi connectivity index (χ4v) is 2.72. The molecule has 0 fully saturated rings. The summed E-state index contributed by atoms with van der Waals surface area (Å²) in [5.74, 6) is -0.766. The van der Waals surface area contributed by atoms with Crippen LogP contribution in [0.4, 0.5) is 17.6 Å². The molecule has 0 unspecified atom stereocenters. The number of carbonyl (C=O) groups is 1. The Morgan fingerprint density at radius 1 is 1.34 bits per heavy atom.